The molecule has 0 aliphatic heterocycles. The van der Waals surface area contributed by atoms with Gasteiger partial charge in [-0.25, -0.2) is 0 Å². The van der Waals surface area contributed by atoms with Gasteiger partial charge < -0.3 is 10.5 Å². The molecule has 0 aliphatic rings. The van der Waals surface area contributed by atoms with Crippen molar-refractivity contribution in [1.82, 2.24) is 9.97 Å². The van der Waals surface area contributed by atoms with Gasteiger partial charge in [-0.05, 0) is 18.2 Å². The Labute approximate surface area is 98.3 Å². The van der Waals surface area contributed by atoms with Crippen molar-refractivity contribution >= 4 is 5.91 Å². The number of nitrogens with two attached hydrogens (primary N) is 1. The van der Waals surface area contributed by atoms with Crippen LogP contribution in [0, 0.1) is 0 Å². The van der Waals surface area contributed by atoms with Gasteiger partial charge in [-0.3, -0.25) is 14.8 Å². The average molecular weight is 229 g/mol. The second kappa shape index (κ2) is 5.07. The van der Waals surface area contributed by atoms with Crippen LogP contribution in [-0.4, -0.2) is 15.9 Å². The van der Waals surface area contributed by atoms with Gasteiger partial charge in [0.25, 0.3) is 5.91 Å². The lowest BCUT2D eigenvalue weighted by Gasteiger charge is -2.08. The van der Waals surface area contributed by atoms with Crippen molar-refractivity contribution < 1.29 is 9.53 Å². The molecule has 2 N–H and O–H groups in total. The van der Waals surface area contributed by atoms with Gasteiger partial charge >= 0.3 is 0 Å². The standard InChI is InChI=1S/C12H11N3O2/c13-12(16)10-7-14-6-4-11(10)17-8-9-3-1-2-5-15-9/h1-7H,8H2,(H2,13,16). The van der Waals surface area contributed by atoms with Gasteiger partial charge in [-0.2, -0.15) is 0 Å². The van der Waals surface area contributed by atoms with E-state index in [1.807, 2.05) is 18.2 Å². The Morgan fingerprint density at radius 1 is 1.29 bits per heavy atom. The fraction of sp³-hybridized carbons (Fsp3) is 0.0833. The molecule has 86 valence electrons. The first-order valence-electron chi connectivity index (χ1n) is 5.04. The first-order valence-corrected chi connectivity index (χ1v) is 5.04. The number of carbonyl (C=O) groups is 1. The van der Waals surface area contributed by atoms with Crippen LogP contribution >= 0.6 is 0 Å². The molecule has 0 spiro atoms. The Morgan fingerprint density at radius 3 is 2.88 bits per heavy atom. The molecule has 0 atom stereocenters. The summed E-state index contributed by atoms with van der Waals surface area (Å²) in [5, 5.41) is 0. The largest absolute Gasteiger partial charge is 0.486 e. The second-order valence-corrected chi connectivity index (χ2v) is 3.35. The highest BCUT2D eigenvalue weighted by Crippen LogP contribution is 2.16. The van der Waals surface area contributed by atoms with Crippen LogP contribution in [0.15, 0.2) is 42.9 Å². The van der Waals surface area contributed by atoms with Crippen LogP contribution < -0.4 is 10.5 Å². The molecule has 2 rings (SSSR count). The van der Waals surface area contributed by atoms with E-state index in [9.17, 15) is 4.79 Å². The number of pyridine rings is 2. The zero-order valence-corrected chi connectivity index (χ0v) is 9.04. The summed E-state index contributed by atoms with van der Waals surface area (Å²) in [4.78, 5) is 19.1. The minimum Gasteiger partial charge on any atom is -0.486 e. The predicted molar refractivity (Wildman–Crippen MR) is 61.3 cm³/mol. The fourth-order valence-electron chi connectivity index (χ4n) is 1.33. The van der Waals surface area contributed by atoms with Crippen LogP contribution in [0.4, 0.5) is 0 Å². The highest BCUT2D eigenvalue weighted by atomic mass is 16.5. The number of primary amides is 1. The molecule has 0 bridgehead atoms. The molecule has 2 heterocycles. The Morgan fingerprint density at radius 2 is 2.18 bits per heavy atom. The molecule has 2 aromatic heterocycles. The summed E-state index contributed by atoms with van der Waals surface area (Å²) in [6.45, 7) is 0.283. The van der Waals surface area contributed by atoms with Gasteiger partial charge in [0.1, 0.15) is 12.4 Å². The van der Waals surface area contributed by atoms with Crippen molar-refractivity contribution in [2.75, 3.05) is 0 Å². The normalized spacial score (nSPS) is 9.88. The topological polar surface area (TPSA) is 78.1 Å². The third-order valence-electron chi connectivity index (χ3n) is 2.15. The molecule has 0 unspecified atom stereocenters. The van der Waals surface area contributed by atoms with Gasteiger partial charge in [-0.1, -0.05) is 6.07 Å². The number of carbonyl (C=O) groups excluding carboxylic acids is 1. The van der Waals surface area contributed by atoms with E-state index in [1.165, 1.54) is 6.20 Å². The van der Waals surface area contributed by atoms with Gasteiger partial charge in [-0.15, -0.1) is 0 Å². The first-order chi connectivity index (χ1) is 8.27. The van der Waals surface area contributed by atoms with E-state index >= 15 is 0 Å². The minimum absolute atomic E-state index is 0.267. The first kappa shape index (κ1) is 11.1. The molecule has 0 saturated carbocycles. The molecule has 0 saturated heterocycles. The Balaban J connectivity index is 2.12. The lowest BCUT2D eigenvalue weighted by Crippen LogP contribution is -2.13. The maximum atomic E-state index is 11.1. The molecule has 0 radical (unpaired) electrons. The van der Waals surface area contributed by atoms with E-state index in [0.717, 1.165) is 5.69 Å². The third-order valence-corrected chi connectivity index (χ3v) is 2.15. The molecular weight excluding hydrogens is 218 g/mol. The third kappa shape index (κ3) is 2.78. The Bertz CT molecular complexity index is 514. The van der Waals surface area contributed by atoms with Crippen molar-refractivity contribution in [3.63, 3.8) is 0 Å². The number of hydrogen-bond acceptors (Lipinski definition) is 4. The Kier molecular flexibility index (Phi) is 3.30. The number of rotatable bonds is 4. The molecule has 17 heavy (non-hydrogen) atoms. The lowest BCUT2D eigenvalue weighted by atomic mass is 10.2. The molecule has 0 aromatic carbocycles. The molecule has 0 aliphatic carbocycles. The average Bonchev–Trinajstić information content (AvgIpc) is 2.38. The second-order valence-electron chi connectivity index (χ2n) is 3.35. The van der Waals surface area contributed by atoms with E-state index in [-0.39, 0.29) is 12.2 Å². The lowest BCUT2D eigenvalue weighted by molar-refractivity contribution is 0.0995. The molecular formula is C12H11N3O2. The van der Waals surface area contributed by atoms with Crippen LogP contribution in [0.25, 0.3) is 0 Å². The highest BCUT2D eigenvalue weighted by Gasteiger charge is 2.09. The number of aromatic nitrogens is 2. The summed E-state index contributed by atoms with van der Waals surface area (Å²) in [7, 11) is 0. The van der Waals surface area contributed by atoms with Gasteiger partial charge in [0.15, 0.2) is 0 Å². The van der Waals surface area contributed by atoms with E-state index < -0.39 is 5.91 Å². The van der Waals surface area contributed by atoms with Crippen molar-refractivity contribution in [3.8, 4) is 5.75 Å². The summed E-state index contributed by atoms with van der Waals surface area (Å²) in [5.41, 5.74) is 6.25. The Hall–Kier alpha value is -2.43. The number of amides is 1. The fourth-order valence-corrected chi connectivity index (χ4v) is 1.33. The van der Waals surface area contributed by atoms with Crippen LogP contribution in [0.3, 0.4) is 0 Å². The van der Waals surface area contributed by atoms with Crippen LogP contribution in [0.1, 0.15) is 16.1 Å². The maximum absolute atomic E-state index is 11.1. The number of nitrogens with zero attached hydrogens (tertiary/aromatic N) is 2. The zero-order chi connectivity index (χ0) is 12.1. The molecule has 5 nitrogen and oxygen atoms in total. The van der Waals surface area contributed by atoms with E-state index in [0.29, 0.717) is 5.75 Å². The van der Waals surface area contributed by atoms with Crippen LogP contribution in [-0.2, 0) is 6.61 Å². The maximum Gasteiger partial charge on any atom is 0.254 e. The quantitative estimate of drug-likeness (QED) is 0.853. The SMILES string of the molecule is NC(=O)c1cnccc1OCc1ccccn1. The van der Waals surface area contributed by atoms with E-state index in [2.05, 4.69) is 9.97 Å². The summed E-state index contributed by atoms with van der Waals surface area (Å²) < 4.78 is 5.48. The summed E-state index contributed by atoms with van der Waals surface area (Å²) in [5.74, 6) is -0.146. The monoisotopic (exact) mass is 229 g/mol. The van der Waals surface area contributed by atoms with E-state index in [1.54, 1.807) is 18.5 Å². The molecule has 5 heteroatoms. The van der Waals surface area contributed by atoms with Gasteiger partial charge in [0, 0.05) is 18.6 Å². The predicted octanol–water partition coefficient (Wildman–Crippen LogP) is 1.15. The number of ether oxygens (including phenoxy) is 1. The molecule has 1 amide bonds. The van der Waals surface area contributed by atoms with Gasteiger partial charge in [0.2, 0.25) is 0 Å². The number of hydrogen-bond donors (Lipinski definition) is 1. The minimum atomic E-state index is -0.561. The zero-order valence-electron chi connectivity index (χ0n) is 9.04. The van der Waals surface area contributed by atoms with Crippen molar-refractivity contribution in [2.24, 2.45) is 5.73 Å². The van der Waals surface area contributed by atoms with Crippen LogP contribution in [0.2, 0.25) is 0 Å². The smallest absolute Gasteiger partial charge is 0.254 e. The van der Waals surface area contributed by atoms with Gasteiger partial charge in [0.05, 0.1) is 11.3 Å². The van der Waals surface area contributed by atoms with E-state index in [4.69, 9.17) is 10.5 Å². The molecule has 2 aromatic rings. The van der Waals surface area contributed by atoms with Crippen molar-refractivity contribution in [1.29, 1.82) is 0 Å². The summed E-state index contributed by atoms with van der Waals surface area (Å²) in [6, 6.07) is 7.13. The molecule has 0 fully saturated rings. The van der Waals surface area contributed by atoms with Crippen molar-refractivity contribution in [3.05, 3.63) is 54.1 Å². The summed E-state index contributed by atoms with van der Waals surface area (Å²) in [6.07, 6.45) is 4.61. The van der Waals surface area contributed by atoms with Crippen LogP contribution in [0.5, 0.6) is 5.75 Å². The summed E-state index contributed by atoms with van der Waals surface area (Å²) >= 11 is 0. The highest BCUT2D eigenvalue weighted by molar-refractivity contribution is 5.95. The van der Waals surface area contributed by atoms with Crippen molar-refractivity contribution in [2.45, 2.75) is 6.61 Å².